The van der Waals surface area contributed by atoms with Gasteiger partial charge in [0.2, 0.25) is 0 Å². The van der Waals surface area contributed by atoms with Crippen molar-refractivity contribution in [2.75, 3.05) is 6.61 Å². The molecule has 22 heavy (non-hydrogen) atoms. The number of aromatic nitrogens is 1. The lowest BCUT2D eigenvalue weighted by Gasteiger charge is -2.14. The van der Waals surface area contributed by atoms with Gasteiger partial charge in [0.15, 0.2) is 6.61 Å². The van der Waals surface area contributed by atoms with Crippen LogP contribution in [0, 0.1) is 0 Å². The van der Waals surface area contributed by atoms with Crippen molar-refractivity contribution in [2.45, 2.75) is 39.8 Å². The molecule has 1 unspecified atom stereocenters. The molecule has 0 fully saturated rings. The standard InChI is InChI=1S/C17H22N2O3/c1-4-12(3)18-16(20)11-22-15-10-17(21)19(5-2)14-9-7-6-8-13(14)15/h6-10,12H,4-5,11H2,1-3H3,(H,18,20). The van der Waals surface area contributed by atoms with E-state index in [0.29, 0.717) is 12.3 Å². The van der Waals surface area contributed by atoms with Gasteiger partial charge in [0.05, 0.1) is 5.52 Å². The highest BCUT2D eigenvalue weighted by Gasteiger charge is 2.11. The van der Waals surface area contributed by atoms with E-state index in [1.165, 1.54) is 6.07 Å². The molecule has 1 aromatic carbocycles. The highest BCUT2D eigenvalue weighted by Crippen LogP contribution is 2.23. The van der Waals surface area contributed by atoms with Crippen LogP contribution in [0.4, 0.5) is 0 Å². The van der Waals surface area contributed by atoms with Crippen molar-refractivity contribution in [1.29, 1.82) is 0 Å². The summed E-state index contributed by atoms with van der Waals surface area (Å²) in [6.07, 6.45) is 0.862. The third-order valence-corrected chi connectivity index (χ3v) is 3.68. The van der Waals surface area contributed by atoms with Gasteiger partial charge in [-0.15, -0.1) is 0 Å². The van der Waals surface area contributed by atoms with Gasteiger partial charge in [0.1, 0.15) is 5.75 Å². The molecule has 0 spiro atoms. The molecule has 0 aliphatic heterocycles. The Bertz CT molecular complexity index is 721. The Balaban J connectivity index is 2.25. The number of hydrogen-bond donors (Lipinski definition) is 1. The van der Waals surface area contributed by atoms with Crippen LogP contribution >= 0.6 is 0 Å². The van der Waals surface area contributed by atoms with E-state index in [1.54, 1.807) is 4.57 Å². The van der Waals surface area contributed by atoms with Gasteiger partial charge in [-0.2, -0.15) is 0 Å². The minimum absolute atomic E-state index is 0.0933. The van der Waals surface area contributed by atoms with Crippen molar-refractivity contribution in [3.63, 3.8) is 0 Å². The third kappa shape index (κ3) is 3.47. The zero-order valence-corrected chi connectivity index (χ0v) is 13.3. The van der Waals surface area contributed by atoms with Gasteiger partial charge in [-0.05, 0) is 32.4 Å². The number of carbonyl (C=O) groups is 1. The van der Waals surface area contributed by atoms with Gasteiger partial charge in [-0.1, -0.05) is 19.1 Å². The Kier molecular flexibility index (Phi) is 5.20. The van der Waals surface area contributed by atoms with Crippen LogP contribution in [0.1, 0.15) is 27.2 Å². The average molecular weight is 302 g/mol. The second-order valence-corrected chi connectivity index (χ2v) is 5.27. The maximum atomic E-state index is 12.1. The zero-order valence-electron chi connectivity index (χ0n) is 13.3. The summed E-state index contributed by atoms with van der Waals surface area (Å²) in [5.74, 6) is 0.266. The van der Waals surface area contributed by atoms with Gasteiger partial charge >= 0.3 is 0 Å². The van der Waals surface area contributed by atoms with Crippen LogP contribution in [-0.4, -0.2) is 23.1 Å². The van der Waals surface area contributed by atoms with E-state index in [4.69, 9.17) is 4.74 Å². The number of para-hydroxylation sites is 1. The lowest BCUT2D eigenvalue weighted by molar-refractivity contribution is -0.123. The van der Waals surface area contributed by atoms with Crippen LogP contribution in [0.5, 0.6) is 5.75 Å². The predicted molar refractivity (Wildman–Crippen MR) is 87.3 cm³/mol. The lowest BCUT2D eigenvalue weighted by Crippen LogP contribution is -2.35. The molecule has 5 nitrogen and oxygen atoms in total. The first-order valence-corrected chi connectivity index (χ1v) is 7.61. The van der Waals surface area contributed by atoms with Crippen molar-refractivity contribution < 1.29 is 9.53 Å². The fraction of sp³-hybridized carbons (Fsp3) is 0.412. The molecule has 1 amide bonds. The van der Waals surface area contributed by atoms with E-state index >= 15 is 0 Å². The number of rotatable bonds is 6. The molecule has 0 aliphatic rings. The van der Waals surface area contributed by atoms with Crippen molar-refractivity contribution in [3.05, 3.63) is 40.7 Å². The van der Waals surface area contributed by atoms with E-state index in [1.807, 2.05) is 45.0 Å². The Morgan fingerprint density at radius 2 is 2.05 bits per heavy atom. The zero-order chi connectivity index (χ0) is 16.1. The SMILES string of the molecule is CCC(C)NC(=O)COc1cc(=O)n(CC)c2ccccc12. The van der Waals surface area contributed by atoms with Crippen LogP contribution in [-0.2, 0) is 11.3 Å². The van der Waals surface area contributed by atoms with Gasteiger partial charge < -0.3 is 14.6 Å². The summed E-state index contributed by atoms with van der Waals surface area (Å²) in [5.41, 5.74) is 0.688. The molecule has 1 aromatic heterocycles. The maximum Gasteiger partial charge on any atom is 0.258 e. The summed E-state index contributed by atoms with van der Waals surface area (Å²) >= 11 is 0. The molecule has 1 heterocycles. The van der Waals surface area contributed by atoms with E-state index in [9.17, 15) is 9.59 Å². The van der Waals surface area contributed by atoms with E-state index in [-0.39, 0.29) is 24.1 Å². The number of carbonyl (C=O) groups excluding carboxylic acids is 1. The van der Waals surface area contributed by atoms with Crippen LogP contribution in [0.3, 0.4) is 0 Å². The van der Waals surface area contributed by atoms with E-state index < -0.39 is 0 Å². The number of amides is 1. The number of nitrogens with one attached hydrogen (secondary N) is 1. The summed E-state index contributed by atoms with van der Waals surface area (Å²) in [6.45, 7) is 6.37. The Morgan fingerprint density at radius 3 is 2.73 bits per heavy atom. The molecule has 1 atom stereocenters. The molecule has 5 heteroatoms. The second-order valence-electron chi connectivity index (χ2n) is 5.27. The minimum Gasteiger partial charge on any atom is -0.483 e. The molecule has 2 rings (SSSR count). The van der Waals surface area contributed by atoms with Crippen LogP contribution in [0.2, 0.25) is 0 Å². The topological polar surface area (TPSA) is 60.3 Å². The Labute approximate surface area is 129 Å². The smallest absolute Gasteiger partial charge is 0.258 e. The molecule has 0 saturated heterocycles. The highest BCUT2D eigenvalue weighted by molar-refractivity contribution is 5.86. The average Bonchev–Trinajstić information content (AvgIpc) is 2.52. The highest BCUT2D eigenvalue weighted by atomic mass is 16.5. The number of fused-ring (bicyclic) bond motifs is 1. The number of pyridine rings is 1. The van der Waals surface area contributed by atoms with Crippen molar-refractivity contribution >= 4 is 16.8 Å². The molecule has 0 bridgehead atoms. The van der Waals surface area contributed by atoms with Crippen LogP contribution in [0.15, 0.2) is 35.1 Å². The first-order valence-electron chi connectivity index (χ1n) is 7.61. The van der Waals surface area contributed by atoms with E-state index in [2.05, 4.69) is 5.32 Å². The monoisotopic (exact) mass is 302 g/mol. The number of benzene rings is 1. The fourth-order valence-electron chi connectivity index (χ4n) is 2.31. The number of hydrogen-bond acceptors (Lipinski definition) is 3. The first-order chi connectivity index (χ1) is 10.6. The van der Waals surface area contributed by atoms with Crippen molar-refractivity contribution in [2.24, 2.45) is 0 Å². The third-order valence-electron chi connectivity index (χ3n) is 3.68. The van der Waals surface area contributed by atoms with Crippen molar-refractivity contribution in [3.8, 4) is 5.75 Å². The second kappa shape index (κ2) is 7.11. The number of aryl methyl sites for hydroxylation is 1. The summed E-state index contributed by atoms with van der Waals surface area (Å²) in [7, 11) is 0. The van der Waals surface area contributed by atoms with Gasteiger partial charge in [0.25, 0.3) is 11.5 Å². The molecule has 0 radical (unpaired) electrons. The molecule has 1 N–H and O–H groups in total. The normalized spacial score (nSPS) is 12.1. The predicted octanol–water partition coefficient (Wildman–Crippen LogP) is 2.31. The summed E-state index contributed by atoms with van der Waals surface area (Å²) in [6, 6.07) is 9.10. The largest absolute Gasteiger partial charge is 0.483 e. The van der Waals surface area contributed by atoms with Crippen LogP contribution < -0.4 is 15.6 Å². The summed E-state index contributed by atoms with van der Waals surface area (Å²) in [4.78, 5) is 23.9. The molecule has 0 aliphatic carbocycles. The Hall–Kier alpha value is -2.30. The molecule has 0 saturated carbocycles. The fourth-order valence-corrected chi connectivity index (χ4v) is 2.31. The van der Waals surface area contributed by atoms with Crippen LogP contribution in [0.25, 0.3) is 10.9 Å². The van der Waals surface area contributed by atoms with Gasteiger partial charge in [0, 0.05) is 24.0 Å². The summed E-state index contributed by atoms with van der Waals surface area (Å²) < 4.78 is 7.26. The summed E-state index contributed by atoms with van der Waals surface area (Å²) in [5, 5.41) is 3.67. The van der Waals surface area contributed by atoms with Crippen molar-refractivity contribution in [1.82, 2.24) is 9.88 Å². The quantitative estimate of drug-likeness (QED) is 0.891. The molecule has 2 aromatic rings. The number of ether oxygens (including phenoxy) is 1. The molecular formula is C17H22N2O3. The minimum atomic E-state index is -0.182. The van der Waals surface area contributed by atoms with E-state index in [0.717, 1.165) is 17.3 Å². The van der Waals surface area contributed by atoms with Gasteiger partial charge in [-0.25, -0.2) is 0 Å². The first kappa shape index (κ1) is 16.1. The molecular weight excluding hydrogens is 280 g/mol. The van der Waals surface area contributed by atoms with Gasteiger partial charge in [-0.3, -0.25) is 9.59 Å². The molecule has 118 valence electrons. The Morgan fingerprint density at radius 1 is 1.32 bits per heavy atom. The maximum absolute atomic E-state index is 12.1. The lowest BCUT2D eigenvalue weighted by atomic mass is 10.2. The number of nitrogens with zero attached hydrogens (tertiary/aromatic N) is 1.